The standard InChI is InChI=1S/C42H52ClFN2O4/c1-5-23-46(40(49)45-29(3)31-12-7-6-8-13-31)27-42(50)22-20-36-33-19-17-30(24-32(47)18-16-28(2)11-10-21-41(36,42)4)25-34(33)39(48)26-35-37(43)14-9-15-38(35)44/h6-9,11-15,17,19,25,29,32,36,47,50H,5,10,16,18,20-24,26-27H2,1-4H3,(H,45,49). The van der Waals surface area contributed by atoms with Crippen LogP contribution in [0.25, 0.3) is 0 Å². The Balaban J connectivity index is 1.53. The predicted octanol–water partition coefficient (Wildman–Crippen LogP) is 9.13. The fourth-order valence-electron chi connectivity index (χ4n) is 8.14. The first kappa shape index (κ1) is 37.7. The molecule has 3 aromatic rings. The van der Waals surface area contributed by atoms with E-state index in [4.69, 9.17) is 11.6 Å². The van der Waals surface area contributed by atoms with Crippen molar-refractivity contribution in [1.82, 2.24) is 10.2 Å². The fraction of sp³-hybridized carbons (Fsp3) is 0.476. The Morgan fingerprint density at radius 1 is 1.08 bits per heavy atom. The fourth-order valence-corrected chi connectivity index (χ4v) is 8.37. The first-order chi connectivity index (χ1) is 23.8. The van der Waals surface area contributed by atoms with E-state index in [0.29, 0.717) is 50.6 Å². The van der Waals surface area contributed by atoms with Gasteiger partial charge < -0.3 is 20.4 Å². The zero-order chi connectivity index (χ0) is 36.1. The molecular formula is C42H52ClFN2O4. The molecule has 1 fully saturated rings. The van der Waals surface area contributed by atoms with Crippen molar-refractivity contribution in [3.05, 3.63) is 117 Å². The van der Waals surface area contributed by atoms with Gasteiger partial charge in [0.1, 0.15) is 5.82 Å². The smallest absolute Gasteiger partial charge is 0.317 e. The van der Waals surface area contributed by atoms with Crippen molar-refractivity contribution in [3.63, 3.8) is 0 Å². The molecule has 3 aliphatic rings. The van der Waals surface area contributed by atoms with Crippen molar-refractivity contribution in [2.75, 3.05) is 13.1 Å². The first-order valence-corrected chi connectivity index (χ1v) is 18.5. The van der Waals surface area contributed by atoms with Gasteiger partial charge in [-0.05, 0) is 106 Å². The van der Waals surface area contributed by atoms with Crippen LogP contribution in [-0.4, -0.2) is 51.7 Å². The topological polar surface area (TPSA) is 89.9 Å². The number of rotatable bonds is 9. The quantitative estimate of drug-likeness (QED) is 0.153. The highest BCUT2D eigenvalue weighted by atomic mass is 35.5. The average molecular weight is 703 g/mol. The highest BCUT2D eigenvalue weighted by molar-refractivity contribution is 6.31. The number of urea groups is 1. The van der Waals surface area contributed by atoms with Gasteiger partial charge in [0, 0.05) is 34.5 Å². The monoisotopic (exact) mass is 702 g/mol. The lowest BCUT2D eigenvalue weighted by Gasteiger charge is -2.46. The lowest BCUT2D eigenvalue weighted by Crippen LogP contribution is -2.55. The summed E-state index contributed by atoms with van der Waals surface area (Å²) in [6.45, 7) is 8.81. The first-order valence-electron chi connectivity index (χ1n) is 18.1. The summed E-state index contributed by atoms with van der Waals surface area (Å²) >= 11 is 6.37. The van der Waals surface area contributed by atoms with Crippen LogP contribution < -0.4 is 5.32 Å². The van der Waals surface area contributed by atoms with Crippen LogP contribution in [0.4, 0.5) is 9.18 Å². The molecule has 3 aromatic carbocycles. The third-order valence-corrected chi connectivity index (χ3v) is 11.6. The average Bonchev–Trinajstić information content (AvgIpc) is 3.34. The minimum atomic E-state index is -1.25. The molecule has 0 heterocycles. The molecule has 0 saturated heterocycles. The van der Waals surface area contributed by atoms with Crippen molar-refractivity contribution >= 4 is 23.4 Å². The Morgan fingerprint density at radius 3 is 2.56 bits per heavy atom. The molecule has 2 bridgehead atoms. The molecule has 0 aromatic heterocycles. The Labute approximate surface area is 301 Å². The van der Waals surface area contributed by atoms with Crippen LogP contribution in [0.2, 0.25) is 5.02 Å². The maximum Gasteiger partial charge on any atom is 0.317 e. The van der Waals surface area contributed by atoms with Crippen LogP contribution in [0.15, 0.2) is 78.4 Å². The molecule has 8 heteroatoms. The number of hydrogen-bond acceptors (Lipinski definition) is 4. The number of aliphatic hydroxyl groups excluding tert-OH is 1. The van der Waals surface area contributed by atoms with E-state index in [1.54, 1.807) is 11.0 Å². The molecule has 6 rings (SSSR count). The highest BCUT2D eigenvalue weighted by Crippen LogP contribution is 2.59. The molecule has 50 heavy (non-hydrogen) atoms. The summed E-state index contributed by atoms with van der Waals surface area (Å²) in [6.07, 6.45) is 6.27. The van der Waals surface area contributed by atoms with Gasteiger partial charge in [0.15, 0.2) is 5.78 Å². The van der Waals surface area contributed by atoms with Gasteiger partial charge in [-0.2, -0.15) is 0 Å². The van der Waals surface area contributed by atoms with E-state index >= 15 is 0 Å². The summed E-state index contributed by atoms with van der Waals surface area (Å²) in [5.74, 6) is -1.00. The van der Waals surface area contributed by atoms with E-state index in [9.17, 15) is 24.2 Å². The number of hydrogen-bond donors (Lipinski definition) is 3. The Morgan fingerprint density at radius 2 is 1.84 bits per heavy atom. The molecule has 0 radical (unpaired) electrons. The van der Waals surface area contributed by atoms with Crippen LogP contribution in [0.3, 0.4) is 0 Å². The second-order valence-corrected chi connectivity index (χ2v) is 15.2. The summed E-state index contributed by atoms with van der Waals surface area (Å²) in [5.41, 5.74) is 2.50. The highest BCUT2D eigenvalue weighted by Gasteiger charge is 2.57. The van der Waals surface area contributed by atoms with Crippen molar-refractivity contribution in [2.45, 2.75) is 109 Å². The van der Waals surface area contributed by atoms with E-state index in [1.165, 1.54) is 17.7 Å². The zero-order valence-electron chi connectivity index (χ0n) is 29.9. The SMILES string of the molecule is CCCN(CC1(O)CCC2c3ccc(cc3C(=O)Cc3c(F)cccc3Cl)CC(O)CCC(C)=CCCC21C)C(=O)NC(C)c1ccccc1. The summed E-state index contributed by atoms with van der Waals surface area (Å²) in [4.78, 5) is 29.8. The molecule has 2 amide bonds. The Bertz CT molecular complexity index is 1680. The number of carbonyl (C=O) groups excluding carboxylic acids is 2. The molecule has 0 aliphatic heterocycles. The Kier molecular flexibility index (Phi) is 12.2. The number of Topliss-reactive ketones (excluding diaryl/α,β-unsaturated/α-hetero) is 1. The summed E-state index contributed by atoms with van der Waals surface area (Å²) in [6, 6.07) is 19.6. The van der Waals surface area contributed by atoms with Gasteiger partial charge >= 0.3 is 6.03 Å². The minimum Gasteiger partial charge on any atom is -0.393 e. The van der Waals surface area contributed by atoms with Gasteiger partial charge in [0.2, 0.25) is 0 Å². The number of carbonyl (C=O) groups is 2. The molecule has 1 saturated carbocycles. The van der Waals surface area contributed by atoms with Crippen molar-refractivity contribution < 1.29 is 24.2 Å². The number of nitrogens with one attached hydrogen (secondary N) is 1. The second-order valence-electron chi connectivity index (χ2n) is 14.8. The van der Waals surface area contributed by atoms with Gasteiger partial charge in [-0.1, -0.05) is 85.6 Å². The third-order valence-electron chi connectivity index (χ3n) is 11.2. The van der Waals surface area contributed by atoms with E-state index in [1.807, 2.05) is 62.4 Å². The zero-order valence-corrected chi connectivity index (χ0v) is 30.6. The normalized spacial score (nSPS) is 24.5. The second kappa shape index (κ2) is 16.2. The van der Waals surface area contributed by atoms with Gasteiger partial charge in [-0.25, -0.2) is 9.18 Å². The maximum absolute atomic E-state index is 14.9. The molecule has 5 unspecified atom stereocenters. The van der Waals surface area contributed by atoms with Crippen LogP contribution in [0.1, 0.15) is 117 Å². The van der Waals surface area contributed by atoms with E-state index in [0.717, 1.165) is 29.5 Å². The van der Waals surface area contributed by atoms with Crippen molar-refractivity contribution in [3.8, 4) is 0 Å². The van der Waals surface area contributed by atoms with Gasteiger partial charge in [-0.15, -0.1) is 0 Å². The number of fused-ring (bicyclic) bond motifs is 8. The molecule has 5 atom stereocenters. The Hall–Kier alpha value is -3.52. The van der Waals surface area contributed by atoms with Gasteiger partial charge in [0.25, 0.3) is 0 Å². The number of aliphatic hydroxyl groups is 2. The predicted molar refractivity (Wildman–Crippen MR) is 198 cm³/mol. The van der Waals surface area contributed by atoms with E-state index in [2.05, 4.69) is 25.2 Å². The van der Waals surface area contributed by atoms with Crippen molar-refractivity contribution in [2.24, 2.45) is 5.41 Å². The number of halogens is 2. The summed E-state index contributed by atoms with van der Waals surface area (Å²) in [5, 5.41) is 27.1. The molecule has 3 N–H and O–H groups in total. The largest absolute Gasteiger partial charge is 0.393 e. The lowest BCUT2D eigenvalue weighted by atomic mass is 9.64. The third kappa shape index (κ3) is 8.33. The van der Waals surface area contributed by atoms with Crippen LogP contribution in [0.5, 0.6) is 0 Å². The van der Waals surface area contributed by atoms with Crippen LogP contribution in [-0.2, 0) is 12.8 Å². The number of ketones is 1. The van der Waals surface area contributed by atoms with E-state index < -0.39 is 22.9 Å². The summed E-state index contributed by atoms with van der Waals surface area (Å²) < 4.78 is 14.9. The molecular weight excluding hydrogens is 651 g/mol. The molecule has 6 nitrogen and oxygen atoms in total. The molecule has 268 valence electrons. The minimum absolute atomic E-state index is 0.155. The number of amides is 2. The molecule has 0 spiro atoms. The van der Waals surface area contributed by atoms with Gasteiger partial charge in [-0.3, -0.25) is 4.79 Å². The van der Waals surface area contributed by atoms with Gasteiger partial charge in [0.05, 0.1) is 24.3 Å². The van der Waals surface area contributed by atoms with Crippen LogP contribution >= 0.6 is 11.6 Å². The van der Waals surface area contributed by atoms with E-state index in [-0.39, 0.29) is 47.3 Å². The maximum atomic E-state index is 14.9. The molecule has 3 aliphatic carbocycles. The number of allylic oxidation sites excluding steroid dienone is 2. The van der Waals surface area contributed by atoms with Crippen LogP contribution in [0, 0.1) is 11.2 Å². The lowest BCUT2D eigenvalue weighted by molar-refractivity contribution is -0.0770. The van der Waals surface area contributed by atoms with Crippen molar-refractivity contribution in [1.29, 1.82) is 0 Å². The summed E-state index contributed by atoms with van der Waals surface area (Å²) in [7, 11) is 0. The number of nitrogens with zero attached hydrogens (tertiary/aromatic N) is 1. The number of benzene rings is 3.